The van der Waals surface area contributed by atoms with Gasteiger partial charge in [-0.25, -0.2) is 13.8 Å². The minimum Gasteiger partial charge on any atom is -0.393 e. The number of imidazole rings is 1. The fourth-order valence-electron chi connectivity index (χ4n) is 6.57. The second-order valence-electron chi connectivity index (χ2n) is 14.2. The summed E-state index contributed by atoms with van der Waals surface area (Å²) in [6.07, 6.45) is 1.05. The Morgan fingerprint density at radius 1 is 1.07 bits per heavy atom. The van der Waals surface area contributed by atoms with Crippen LogP contribution in [0.4, 0.5) is 14.5 Å². The van der Waals surface area contributed by atoms with Crippen molar-refractivity contribution in [3.63, 3.8) is 0 Å². The van der Waals surface area contributed by atoms with Gasteiger partial charge >= 0.3 is 0 Å². The molecule has 1 aliphatic rings. The third kappa shape index (κ3) is 9.95. The van der Waals surface area contributed by atoms with Crippen molar-refractivity contribution >= 4 is 46.3 Å². The number of quaternary nitrogens is 1. The number of hydrogen-bond donors (Lipinski definition) is 4. The van der Waals surface area contributed by atoms with Gasteiger partial charge in [-0.2, -0.15) is 0 Å². The molecule has 13 nitrogen and oxygen atoms in total. The largest absolute Gasteiger partial charge is 0.393 e. The molecule has 1 aliphatic heterocycles. The first-order valence-electron chi connectivity index (χ1n) is 18.1. The van der Waals surface area contributed by atoms with Gasteiger partial charge in [0.15, 0.2) is 17.5 Å². The lowest BCUT2D eigenvalue weighted by Crippen LogP contribution is -3.05. The van der Waals surface area contributed by atoms with E-state index in [0.29, 0.717) is 51.4 Å². The molecular formula is C39H52ClF2N8O5+. The number of aromatic nitrogens is 2. The average molecular weight is 786 g/mol. The summed E-state index contributed by atoms with van der Waals surface area (Å²) in [5, 5.41) is 21.3. The van der Waals surface area contributed by atoms with Crippen molar-refractivity contribution in [3.05, 3.63) is 75.8 Å². The lowest BCUT2D eigenvalue weighted by Gasteiger charge is -2.37. The highest BCUT2D eigenvalue weighted by molar-refractivity contribution is 6.34. The first-order chi connectivity index (χ1) is 26.0. The topological polar surface area (TPSA) is 149 Å². The molecule has 0 saturated carbocycles. The van der Waals surface area contributed by atoms with E-state index in [1.54, 1.807) is 37.8 Å². The molecule has 55 heavy (non-hydrogen) atoms. The number of aliphatic hydroxyl groups excluding tert-OH is 1. The zero-order valence-electron chi connectivity index (χ0n) is 32.7. The maximum absolute atomic E-state index is 15.7. The van der Waals surface area contributed by atoms with Gasteiger partial charge < -0.3 is 44.7 Å². The van der Waals surface area contributed by atoms with E-state index >= 15 is 8.78 Å². The van der Waals surface area contributed by atoms with Crippen LogP contribution in [0.2, 0.25) is 5.02 Å². The third-order valence-corrected chi connectivity index (χ3v) is 10.3. The number of allylic oxidation sites excluding steroid dienone is 2. The Balaban J connectivity index is 1.45. The molecule has 4 rings (SSSR count). The van der Waals surface area contributed by atoms with Crippen molar-refractivity contribution in [2.24, 2.45) is 13.0 Å². The van der Waals surface area contributed by atoms with Gasteiger partial charge in [-0.3, -0.25) is 14.4 Å². The van der Waals surface area contributed by atoms with Crippen LogP contribution in [0.15, 0.2) is 42.2 Å². The standard InChI is InChI=1S/C39H51ClF2N8O5/c1-23(43)33(24(2)47(6)19-20-55-8)30-12-11-29(34(41)35(30)42)32-22-44-36(48(32)7)37(52)45-26-9-10-28(31(40)21-26)39(54)50-17-15-49(16-18-50)38(53)27(25(3)51)13-14-46(4)5/h9-12,21-22,25,27,43,51H,13-20H2,1-8H3,(H,45,52)/p+1/b33-24+,43-23?. The molecule has 0 spiro atoms. The van der Waals surface area contributed by atoms with Crippen LogP contribution in [-0.4, -0.2) is 133 Å². The lowest BCUT2D eigenvalue weighted by atomic mass is 9.96. The number of hydrogen-bond acceptors (Lipinski definition) is 8. The summed E-state index contributed by atoms with van der Waals surface area (Å²) >= 11 is 6.53. The van der Waals surface area contributed by atoms with E-state index in [9.17, 15) is 19.5 Å². The molecule has 0 aliphatic carbocycles. The molecular weight excluding hydrogens is 734 g/mol. The molecule has 2 unspecified atom stereocenters. The minimum absolute atomic E-state index is 0.0651. The normalized spacial score (nSPS) is 14.8. The highest BCUT2D eigenvalue weighted by Gasteiger charge is 2.33. The summed E-state index contributed by atoms with van der Waals surface area (Å²) in [5.41, 5.74) is 1.37. The van der Waals surface area contributed by atoms with Crippen LogP contribution in [-0.2, 0) is 16.6 Å². The number of nitrogens with zero attached hydrogens (tertiary/aromatic N) is 5. The number of carbonyl (C=O) groups excluding carboxylic acids is 3. The van der Waals surface area contributed by atoms with Crippen molar-refractivity contribution in [1.82, 2.24) is 24.3 Å². The van der Waals surface area contributed by atoms with Crippen molar-refractivity contribution in [1.29, 1.82) is 5.41 Å². The molecule has 3 aromatic rings. The molecule has 1 saturated heterocycles. The van der Waals surface area contributed by atoms with E-state index in [0.717, 1.165) is 6.54 Å². The van der Waals surface area contributed by atoms with Crippen LogP contribution in [0, 0.1) is 23.0 Å². The number of benzene rings is 2. The molecule has 1 aromatic heterocycles. The Labute approximate surface area is 326 Å². The van der Waals surface area contributed by atoms with E-state index in [2.05, 4.69) is 10.3 Å². The number of piperazine rings is 1. The number of likely N-dealkylation sites (N-methyl/N-ethyl adjacent to an activating group) is 1. The maximum Gasteiger partial charge on any atom is 0.291 e. The van der Waals surface area contributed by atoms with Crippen molar-refractivity contribution < 1.29 is 37.9 Å². The molecule has 3 amide bonds. The first-order valence-corrected chi connectivity index (χ1v) is 18.5. The molecule has 2 atom stereocenters. The molecule has 1 fully saturated rings. The third-order valence-electron chi connectivity index (χ3n) is 9.95. The summed E-state index contributed by atoms with van der Waals surface area (Å²) in [6.45, 7) is 7.76. The minimum atomic E-state index is -1.15. The molecule has 2 aromatic carbocycles. The van der Waals surface area contributed by atoms with Crippen LogP contribution in [0.3, 0.4) is 0 Å². The van der Waals surface area contributed by atoms with Crippen molar-refractivity contribution in [2.75, 3.05) is 79.4 Å². The van der Waals surface area contributed by atoms with Crippen molar-refractivity contribution in [3.8, 4) is 11.3 Å². The molecule has 0 bridgehead atoms. The number of aliphatic hydroxyl groups is 1. The second-order valence-corrected chi connectivity index (χ2v) is 14.6. The van der Waals surface area contributed by atoms with Gasteiger partial charge in [0, 0.05) is 94.1 Å². The molecule has 298 valence electrons. The summed E-state index contributed by atoms with van der Waals surface area (Å²) in [4.78, 5) is 50.4. The Morgan fingerprint density at radius 3 is 2.29 bits per heavy atom. The number of amides is 3. The number of ether oxygens (including phenoxy) is 1. The lowest BCUT2D eigenvalue weighted by molar-refractivity contribution is -0.858. The van der Waals surface area contributed by atoms with E-state index in [1.165, 1.54) is 60.0 Å². The number of rotatable bonds is 15. The fourth-order valence-corrected chi connectivity index (χ4v) is 6.83. The van der Waals surface area contributed by atoms with E-state index in [1.807, 2.05) is 19.0 Å². The summed E-state index contributed by atoms with van der Waals surface area (Å²) in [7, 11) is 8.83. The monoisotopic (exact) mass is 785 g/mol. The summed E-state index contributed by atoms with van der Waals surface area (Å²) < 4.78 is 37.9. The van der Waals surface area contributed by atoms with Gasteiger partial charge in [0.1, 0.15) is 0 Å². The molecule has 16 heteroatoms. The number of nitrogens with one attached hydrogen (secondary N) is 3. The molecule has 2 heterocycles. The Bertz CT molecular complexity index is 1940. The second kappa shape index (κ2) is 18.8. The predicted molar refractivity (Wildman–Crippen MR) is 208 cm³/mol. The van der Waals surface area contributed by atoms with Crippen LogP contribution in [0.25, 0.3) is 16.8 Å². The van der Waals surface area contributed by atoms with Crippen LogP contribution in [0.5, 0.6) is 0 Å². The summed E-state index contributed by atoms with van der Waals surface area (Å²) in [6, 6.07) is 7.27. The first kappa shape index (κ1) is 43.0. The quantitative estimate of drug-likeness (QED) is 0.173. The maximum atomic E-state index is 15.7. The van der Waals surface area contributed by atoms with Crippen LogP contribution in [0.1, 0.15) is 53.7 Å². The Kier molecular flexibility index (Phi) is 14.7. The van der Waals surface area contributed by atoms with E-state index in [4.69, 9.17) is 21.7 Å². The molecule has 4 N–H and O–H groups in total. The number of carbonyl (C=O) groups is 3. The zero-order chi connectivity index (χ0) is 40.7. The number of anilines is 1. The SMILES string of the molecule is COCCN(C)/C(C)=C(\C(C)=N)c1ccc(-c2cnc(C(=O)Nc3ccc(C(=O)N4CCN(C(=O)C(CC[NH+](C)C)C(C)O)CC4)c(Cl)c3)n2C)c(F)c1F. The van der Waals surface area contributed by atoms with Gasteiger partial charge in [0.25, 0.3) is 11.8 Å². The van der Waals surface area contributed by atoms with Gasteiger partial charge in [0.2, 0.25) is 5.91 Å². The van der Waals surface area contributed by atoms with Gasteiger partial charge in [-0.05, 0) is 45.0 Å². The predicted octanol–water partition coefficient (Wildman–Crippen LogP) is 3.44. The fraction of sp³-hybridized carbons (Fsp3) is 0.462. The highest BCUT2D eigenvalue weighted by Crippen LogP contribution is 2.32. The van der Waals surface area contributed by atoms with Gasteiger partial charge in [-0.1, -0.05) is 17.7 Å². The van der Waals surface area contributed by atoms with E-state index < -0.39 is 29.6 Å². The highest BCUT2D eigenvalue weighted by atomic mass is 35.5. The smallest absolute Gasteiger partial charge is 0.291 e. The van der Waals surface area contributed by atoms with Crippen LogP contribution < -0.4 is 10.2 Å². The number of halogens is 3. The average Bonchev–Trinajstić information content (AvgIpc) is 3.52. The molecule has 0 radical (unpaired) electrons. The Morgan fingerprint density at radius 2 is 1.71 bits per heavy atom. The van der Waals surface area contributed by atoms with Gasteiger partial charge in [0.05, 0.1) is 61.7 Å². The zero-order valence-corrected chi connectivity index (χ0v) is 33.5. The Hall–Kier alpha value is -4.70. The number of methoxy groups -OCH3 is 1. The van der Waals surface area contributed by atoms with E-state index in [-0.39, 0.29) is 62.0 Å². The van der Waals surface area contributed by atoms with Crippen LogP contribution >= 0.6 is 11.6 Å². The van der Waals surface area contributed by atoms with Gasteiger partial charge in [-0.15, -0.1) is 0 Å². The van der Waals surface area contributed by atoms with Crippen molar-refractivity contribution in [2.45, 2.75) is 33.3 Å². The summed E-state index contributed by atoms with van der Waals surface area (Å²) in [5.74, 6) is -3.97.